The first-order valence-electron chi connectivity index (χ1n) is 6.80. The first-order chi connectivity index (χ1) is 9.67. The van der Waals surface area contributed by atoms with Crippen LogP contribution in [0.4, 0.5) is 4.79 Å². The Bertz CT molecular complexity index is 486. The summed E-state index contributed by atoms with van der Waals surface area (Å²) in [5.74, 6) is -0.451. The van der Waals surface area contributed by atoms with Crippen LogP contribution in [0.2, 0.25) is 0 Å². The van der Waals surface area contributed by atoms with Crippen LogP contribution in [0.15, 0.2) is 12.3 Å². The van der Waals surface area contributed by atoms with Gasteiger partial charge in [-0.3, -0.25) is 9.48 Å². The first-order valence-corrected chi connectivity index (χ1v) is 6.80. The van der Waals surface area contributed by atoms with Gasteiger partial charge in [-0.2, -0.15) is 5.10 Å². The Labute approximate surface area is 117 Å². The van der Waals surface area contributed by atoms with Crippen molar-refractivity contribution in [2.24, 2.45) is 0 Å². The van der Waals surface area contributed by atoms with Crippen molar-refractivity contribution in [1.82, 2.24) is 20.0 Å². The van der Waals surface area contributed by atoms with Crippen molar-refractivity contribution in [2.45, 2.75) is 32.4 Å². The molecular formula is C13H20N4O3. The van der Waals surface area contributed by atoms with Crippen molar-refractivity contribution in [3.05, 3.63) is 18.0 Å². The molecule has 2 rings (SSSR count). The molecule has 0 spiro atoms. The summed E-state index contributed by atoms with van der Waals surface area (Å²) in [5.41, 5.74) is 1.04. The standard InChI is InChI=1S/C13H20N4O3/c1-3-17-11(6-7-15-17)10-5-4-8-16(10)13(19)14-9-12(18)20-2/h6-7,10H,3-5,8-9H2,1-2H3,(H,14,19)/t10-/m0/s1. The van der Waals surface area contributed by atoms with Crippen molar-refractivity contribution >= 4 is 12.0 Å². The predicted octanol–water partition coefficient (Wildman–Crippen LogP) is 0.922. The molecule has 2 heterocycles. The van der Waals surface area contributed by atoms with Crippen LogP contribution < -0.4 is 5.32 Å². The molecule has 0 unspecified atom stereocenters. The van der Waals surface area contributed by atoms with E-state index >= 15 is 0 Å². The second kappa shape index (κ2) is 6.40. The van der Waals surface area contributed by atoms with E-state index in [0.717, 1.165) is 25.1 Å². The molecule has 1 saturated heterocycles. The molecule has 110 valence electrons. The van der Waals surface area contributed by atoms with Gasteiger partial charge in [0.05, 0.1) is 18.8 Å². The lowest BCUT2D eigenvalue weighted by Gasteiger charge is -2.25. The molecule has 7 nitrogen and oxygen atoms in total. The SMILES string of the molecule is CCn1nccc1[C@@H]1CCCN1C(=O)NCC(=O)OC. The number of aromatic nitrogens is 2. The van der Waals surface area contributed by atoms with Gasteiger partial charge in [0.1, 0.15) is 6.54 Å². The van der Waals surface area contributed by atoms with Crippen LogP contribution in [0.1, 0.15) is 31.5 Å². The molecule has 1 atom stereocenters. The molecule has 0 aromatic carbocycles. The Balaban J connectivity index is 2.03. The first kappa shape index (κ1) is 14.4. The average molecular weight is 280 g/mol. The van der Waals surface area contributed by atoms with Gasteiger partial charge in [-0.25, -0.2) is 4.79 Å². The minimum absolute atomic E-state index is 0.0232. The Kier molecular flexibility index (Phi) is 4.60. The number of aryl methyl sites for hydroxylation is 1. The highest BCUT2D eigenvalue weighted by Gasteiger charge is 2.32. The van der Waals surface area contributed by atoms with Crippen molar-refractivity contribution < 1.29 is 14.3 Å². The maximum Gasteiger partial charge on any atom is 0.325 e. The Hall–Kier alpha value is -2.05. The molecule has 1 aromatic rings. The number of likely N-dealkylation sites (tertiary alicyclic amines) is 1. The summed E-state index contributed by atoms with van der Waals surface area (Å²) in [6, 6.07) is 1.73. The fraction of sp³-hybridized carbons (Fsp3) is 0.615. The maximum absolute atomic E-state index is 12.1. The third kappa shape index (κ3) is 2.92. The number of nitrogens with zero attached hydrogens (tertiary/aromatic N) is 3. The van der Waals surface area contributed by atoms with Gasteiger partial charge in [0.2, 0.25) is 0 Å². The number of nitrogens with one attached hydrogen (secondary N) is 1. The number of esters is 1. The molecule has 0 bridgehead atoms. The van der Waals surface area contributed by atoms with E-state index in [-0.39, 0.29) is 18.6 Å². The van der Waals surface area contributed by atoms with Crippen molar-refractivity contribution in [3.8, 4) is 0 Å². The molecule has 1 fully saturated rings. The number of urea groups is 1. The van der Waals surface area contributed by atoms with E-state index in [1.54, 1.807) is 11.1 Å². The number of methoxy groups -OCH3 is 1. The highest BCUT2D eigenvalue weighted by molar-refractivity contribution is 5.81. The molecule has 1 aliphatic heterocycles. The molecule has 1 aromatic heterocycles. The Morgan fingerprint density at radius 2 is 2.35 bits per heavy atom. The zero-order valence-corrected chi connectivity index (χ0v) is 11.8. The van der Waals surface area contributed by atoms with Crippen molar-refractivity contribution in [3.63, 3.8) is 0 Å². The quantitative estimate of drug-likeness (QED) is 0.832. The smallest absolute Gasteiger partial charge is 0.325 e. The average Bonchev–Trinajstić information content (AvgIpc) is 3.11. The van der Waals surface area contributed by atoms with E-state index in [4.69, 9.17) is 0 Å². The molecule has 1 aliphatic rings. The molecule has 20 heavy (non-hydrogen) atoms. The van der Waals surface area contributed by atoms with Gasteiger partial charge in [-0.1, -0.05) is 0 Å². The molecule has 0 saturated carbocycles. The fourth-order valence-electron chi connectivity index (χ4n) is 2.53. The van der Waals surface area contributed by atoms with E-state index in [9.17, 15) is 9.59 Å². The molecule has 0 radical (unpaired) electrons. The fourth-order valence-corrected chi connectivity index (χ4v) is 2.53. The highest BCUT2D eigenvalue weighted by atomic mass is 16.5. The van der Waals surface area contributed by atoms with Gasteiger partial charge in [0.15, 0.2) is 0 Å². The van der Waals surface area contributed by atoms with Gasteiger partial charge < -0.3 is 15.0 Å². The lowest BCUT2D eigenvalue weighted by atomic mass is 10.1. The summed E-state index contributed by atoms with van der Waals surface area (Å²) >= 11 is 0. The third-order valence-electron chi connectivity index (χ3n) is 3.52. The third-order valence-corrected chi connectivity index (χ3v) is 3.52. The van der Waals surface area contributed by atoms with E-state index < -0.39 is 5.97 Å². The monoisotopic (exact) mass is 280 g/mol. The van der Waals surface area contributed by atoms with Gasteiger partial charge >= 0.3 is 12.0 Å². The minimum atomic E-state index is -0.451. The molecule has 7 heteroatoms. The number of carbonyl (C=O) groups is 2. The van der Waals surface area contributed by atoms with Crippen LogP contribution >= 0.6 is 0 Å². The Morgan fingerprint density at radius 3 is 3.05 bits per heavy atom. The number of hydrogen-bond acceptors (Lipinski definition) is 4. The number of hydrogen-bond donors (Lipinski definition) is 1. The van der Waals surface area contributed by atoms with Crippen LogP contribution in [-0.2, 0) is 16.1 Å². The zero-order chi connectivity index (χ0) is 14.5. The van der Waals surface area contributed by atoms with Gasteiger partial charge in [-0.15, -0.1) is 0 Å². The lowest BCUT2D eigenvalue weighted by Crippen LogP contribution is -2.42. The number of ether oxygens (including phenoxy) is 1. The lowest BCUT2D eigenvalue weighted by molar-refractivity contribution is -0.139. The highest BCUT2D eigenvalue weighted by Crippen LogP contribution is 2.31. The zero-order valence-electron chi connectivity index (χ0n) is 11.8. The van der Waals surface area contributed by atoms with E-state index in [2.05, 4.69) is 15.2 Å². The van der Waals surface area contributed by atoms with Crippen LogP contribution in [0.5, 0.6) is 0 Å². The van der Waals surface area contributed by atoms with Crippen molar-refractivity contribution in [2.75, 3.05) is 20.2 Å². The normalized spacial score (nSPS) is 18.1. The second-order valence-electron chi connectivity index (χ2n) is 4.66. The number of rotatable bonds is 4. The number of amides is 2. The van der Waals surface area contributed by atoms with Gasteiger partial charge in [-0.05, 0) is 25.8 Å². The summed E-state index contributed by atoms with van der Waals surface area (Å²) < 4.78 is 6.41. The molecule has 0 aliphatic carbocycles. The predicted molar refractivity (Wildman–Crippen MR) is 72.0 cm³/mol. The van der Waals surface area contributed by atoms with Crippen molar-refractivity contribution in [1.29, 1.82) is 0 Å². The van der Waals surface area contributed by atoms with Crippen LogP contribution in [0, 0.1) is 0 Å². The Morgan fingerprint density at radius 1 is 1.55 bits per heavy atom. The molecular weight excluding hydrogens is 260 g/mol. The van der Waals surface area contributed by atoms with E-state index in [0.29, 0.717) is 6.54 Å². The van der Waals surface area contributed by atoms with E-state index in [1.165, 1.54) is 7.11 Å². The van der Waals surface area contributed by atoms with Crippen LogP contribution in [0.25, 0.3) is 0 Å². The maximum atomic E-state index is 12.1. The summed E-state index contributed by atoms with van der Waals surface area (Å²) in [5, 5.41) is 6.83. The second-order valence-corrected chi connectivity index (χ2v) is 4.66. The largest absolute Gasteiger partial charge is 0.468 e. The summed E-state index contributed by atoms with van der Waals surface area (Å²) in [6.45, 7) is 3.38. The molecule has 2 amide bonds. The summed E-state index contributed by atoms with van der Waals surface area (Å²) in [6.07, 6.45) is 3.62. The van der Waals surface area contributed by atoms with Crippen LogP contribution in [-0.4, -0.2) is 46.9 Å². The molecule has 1 N–H and O–H groups in total. The number of carbonyl (C=O) groups excluding carboxylic acids is 2. The van der Waals surface area contributed by atoms with Crippen LogP contribution in [0.3, 0.4) is 0 Å². The van der Waals surface area contributed by atoms with Gasteiger partial charge in [0, 0.05) is 19.3 Å². The summed E-state index contributed by atoms with van der Waals surface area (Å²) in [4.78, 5) is 25.0. The van der Waals surface area contributed by atoms with Gasteiger partial charge in [0.25, 0.3) is 0 Å². The van der Waals surface area contributed by atoms with E-state index in [1.807, 2.05) is 17.7 Å². The summed E-state index contributed by atoms with van der Waals surface area (Å²) in [7, 11) is 1.30. The minimum Gasteiger partial charge on any atom is -0.468 e. The topological polar surface area (TPSA) is 76.5 Å².